The molecule has 6 aromatic rings. The van der Waals surface area contributed by atoms with E-state index >= 15 is 4.39 Å². The maximum absolute atomic E-state index is 15.1. The SMILES string of the molecule is C.CC[C@](C)(N)C(=O)Oc1ccc(CN(CC2CCC2)C(=O)c2cc(Cl)[nH]n2)c(F)c1.CC[C@](C)(NC(=O)OC(C)(C)C)C(=O)O.CC[C@](C)(NC(=O)OC(C)(C)C)C(=O)Oc1ccc(CN(CC2CCC2)C(=O)c2cc(Cl)[nH]n2)c(F)c1.O=C(c1cc(Cl)[nH]n1)N(Cc1ccc(O)cc1F)CC1CCC1. The Balaban J connectivity index is 0.000000264. The number of aromatic nitrogens is 6. The van der Waals surface area contributed by atoms with Crippen LogP contribution in [0.5, 0.6) is 17.2 Å². The monoisotopic (exact) mass is 1540 g/mol. The number of nitrogens with two attached hydrogens (primary N) is 1. The van der Waals surface area contributed by atoms with Gasteiger partial charge in [-0.1, -0.05) is 100 Å². The number of carbonyl (C=O) groups is 8. The van der Waals surface area contributed by atoms with Gasteiger partial charge < -0.3 is 60.2 Å². The molecular formula is C74H100Cl3F3N12O14. The molecule has 3 atom stereocenters. The molecule has 5 amide bonds. The lowest BCUT2D eigenvalue weighted by atomic mass is 9.85. The molecular weight excluding hydrogens is 1440 g/mol. The summed E-state index contributed by atoms with van der Waals surface area (Å²) in [6, 6.07) is 16.5. The van der Waals surface area contributed by atoms with Crippen LogP contribution in [0.3, 0.4) is 0 Å². The van der Waals surface area contributed by atoms with Crippen LogP contribution in [0.4, 0.5) is 22.8 Å². The lowest BCUT2D eigenvalue weighted by molar-refractivity contribution is -0.144. The van der Waals surface area contributed by atoms with Crippen molar-refractivity contribution < 1.29 is 80.7 Å². The standard InChI is InChI=1S/C26H34ClFN4O5.C21H26ClFN4O3.C16H17ClFN3O2.C10H19NO4.CH4/c1-6-26(5,29-24(35)37-25(2,3)4)23(34)36-18-11-10-17(19(28)12-18)15-32(14-16-8-7-9-16)22(33)20-13-21(27)31-30-20;1-3-21(2,24)20(29)30-15-8-7-14(16(23)9-15)12-27(11-13-5-4-6-13)19(28)17-10-18(22)26-25-17;17-15-7-14(19-20-15)16(23)21(8-10-2-1-3-10)9-11-4-5-12(22)6-13(11)18;1-6-10(5,7(12)13)11-8(14)15-9(2,3)4;/h10-13,16H,6-9,14-15H2,1-5H3,(H,29,35)(H,30,31);7-10,13H,3-6,11-12,24H2,1-2H3,(H,25,26);4-7,10,22H,1-3,8-9H2,(H,19,20);6H2,1-5H3,(H,11,14)(H,12,13);1H4/t26-;21-;;10-;/m00.0./s1. The number of hydrogen-bond donors (Lipinski definition) is 8. The molecule has 582 valence electrons. The van der Waals surface area contributed by atoms with Crippen LogP contribution in [0.2, 0.25) is 15.5 Å². The third-order valence-corrected chi connectivity index (χ3v) is 18.5. The second-order valence-electron chi connectivity index (χ2n) is 29.0. The van der Waals surface area contributed by atoms with Gasteiger partial charge in [0.2, 0.25) is 0 Å². The van der Waals surface area contributed by atoms with Crippen molar-refractivity contribution in [1.29, 1.82) is 0 Å². The Kier molecular flexibility index (Phi) is 31.9. The minimum atomic E-state index is -1.38. The summed E-state index contributed by atoms with van der Waals surface area (Å²) in [5.41, 5.74) is 2.20. The summed E-state index contributed by atoms with van der Waals surface area (Å²) < 4.78 is 64.6. The van der Waals surface area contributed by atoms with Crippen molar-refractivity contribution in [3.8, 4) is 17.2 Å². The van der Waals surface area contributed by atoms with Gasteiger partial charge in [0, 0.05) is 92.4 Å². The Morgan fingerprint density at radius 2 is 0.830 bits per heavy atom. The molecule has 26 nitrogen and oxygen atoms in total. The highest BCUT2D eigenvalue weighted by Crippen LogP contribution is 2.33. The first-order valence-electron chi connectivity index (χ1n) is 34.7. The molecule has 3 fully saturated rings. The number of carbonyl (C=O) groups excluding carboxylic acids is 7. The summed E-state index contributed by atoms with van der Waals surface area (Å²) in [6.07, 6.45) is 9.08. The third-order valence-electron chi connectivity index (χ3n) is 18.0. The number of rotatable bonds is 25. The molecule has 9 rings (SSSR count). The van der Waals surface area contributed by atoms with Crippen LogP contribution in [0.25, 0.3) is 0 Å². The number of halogens is 6. The average Bonchev–Trinajstić information content (AvgIpc) is 1.20. The first-order valence-corrected chi connectivity index (χ1v) is 35.8. The normalized spacial score (nSPS) is 15.2. The predicted molar refractivity (Wildman–Crippen MR) is 393 cm³/mol. The molecule has 3 heterocycles. The first-order chi connectivity index (χ1) is 49.1. The van der Waals surface area contributed by atoms with Gasteiger partial charge in [-0.3, -0.25) is 29.7 Å². The highest BCUT2D eigenvalue weighted by atomic mass is 35.5. The molecule has 0 aliphatic heterocycles. The number of phenols is 1. The van der Waals surface area contributed by atoms with E-state index in [2.05, 4.69) is 41.2 Å². The molecule has 106 heavy (non-hydrogen) atoms. The number of esters is 2. The molecule has 0 radical (unpaired) electrons. The average molecular weight is 1550 g/mol. The van der Waals surface area contributed by atoms with Gasteiger partial charge in [0.1, 0.15) is 78.0 Å². The highest BCUT2D eigenvalue weighted by molar-refractivity contribution is 6.30. The molecule has 0 saturated heterocycles. The predicted octanol–water partition coefficient (Wildman–Crippen LogP) is 14.7. The second-order valence-corrected chi connectivity index (χ2v) is 30.2. The van der Waals surface area contributed by atoms with Gasteiger partial charge in [-0.25, -0.2) is 37.1 Å². The summed E-state index contributed by atoms with van der Waals surface area (Å²) in [6.45, 7) is 21.7. The topological polar surface area (TPSA) is 360 Å². The van der Waals surface area contributed by atoms with Gasteiger partial charge in [0.25, 0.3) is 17.7 Å². The van der Waals surface area contributed by atoms with E-state index < -0.39 is 75.4 Å². The summed E-state index contributed by atoms with van der Waals surface area (Å²) in [5, 5.41) is 43.2. The van der Waals surface area contributed by atoms with Crippen molar-refractivity contribution >= 4 is 82.6 Å². The molecule has 3 saturated carbocycles. The Morgan fingerprint density at radius 1 is 0.509 bits per heavy atom. The van der Waals surface area contributed by atoms with Crippen molar-refractivity contribution in [3.05, 3.63) is 139 Å². The van der Waals surface area contributed by atoms with Gasteiger partial charge in [0.05, 0.1) is 0 Å². The Morgan fingerprint density at radius 3 is 1.09 bits per heavy atom. The number of amides is 5. The van der Waals surface area contributed by atoms with Crippen LogP contribution in [-0.4, -0.2) is 151 Å². The van der Waals surface area contributed by atoms with E-state index in [1.165, 1.54) is 68.4 Å². The van der Waals surface area contributed by atoms with Gasteiger partial charge in [0.15, 0.2) is 17.1 Å². The largest absolute Gasteiger partial charge is 0.508 e. The molecule has 3 aliphatic rings. The van der Waals surface area contributed by atoms with Crippen molar-refractivity contribution in [2.75, 3.05) is 19.6 Å². The summed E-state index contributed by atoms with van der Waals surface area (Å²) >= 11 is 17.5. The van der Waals surface area contributed by atoms with Crippen LogP contribution >= 0.6 is 34.8 Å². The zero-order chi connectivity index (χ0) is 77.9. The number of nitrogens with one attached hydrogen (secondary N) is 5. The Bertz CT molecular complexity index is 4000. The Labute approximate surface area is 631 Å². The number of carboxylic acid groups (broad SMARTS) is 1. The van der Waals surface area contributed by atoms with E-state index in [1.54, 1.807) is 83.9 Å². The van der Waals surface area contributed by atoms with Gasteiger partial charge in [-0.15, -0.1) is 0 Å². The van der Waals surface area contributed by atoms with Crippen LogP contribution in [0, 0.1) is 35.2 Å². The number of alkyl carbamates (subject to hydrolysis) is 2. The number of phenolic OH excluding ortho intramolecular Hbond substituents is 1. The smallest absolute Gasteiger partial charge is 0.408 e. The lowest BCUT2D eigenvalue weighted by Crippen LogP contribution is -2.54. The van der Waals surface area contributed by atoms with Gasteiger partial charge in [-0.2, -0.15) is 15.3 Å². The van der Waals surface area contributed by atoms with Crippen LogP contribution < -0.4 is 25.8 Å². The zero-order valence-corrected chi connectivity index (χ0v) is 63.5. The molecule has 3 aromatic heterocycles. The van der Waals surface area contributed by atoms with Crippen LogP contribution in [-0.2, 0) is 43.5 Å². The number of aromatic amines is 3. The summed E-state index contributed by atoms with van der Waals surface area (Å²) in [7, 11) is 0. The number of H-pyrrole nitrogens is 3. The van der Waals surface area contributed by atoms with Gasteiger partial charge in [-0.05, 0) is 156 Å². The minimum Gasteiger partial charge on any atom is -0.508 e. The minimum absolute atomic E-state index is 0. The van der Waals surface area contributed by atoms with Crippen LogP contribution in [0.15, 0.2) is 72.8 Å². The van der Waals surface area contributed by atoms with E-state index in [4.69, 9.17) is 64.6 Å². The maximum Gasteiger partial charge on any atom is 0.408 e. The number of nitrogens with zero attached hydrogens (tertiary/aromatic N) is 6. The number of benzene rings is 3. The van der Waals surface area contributed by atoms with E-state index in [-0.39, 0.29) is 107 Å². The number of aliphatic carboxylic acids is 1. The quantitative estimate of drug-likeness (QED) is 0.0195. The van der Waals surface area contributed by atoms with Crippen molar-refractivity contribution in [3.63, 3.8) is 0 Å². The molecule has 3 aromatic carbocycles. The fourth-order valence-electron chi connectivity index (χ4n) is 10.3. The fraction of sp³-hybridized carbons (Fsp3) is 0.527. The van der Waals surface area contributed by atoms with Gasteiger partial charge >= 0.3 is 30.1 Å². The molecule has 0 bridgehead atoms. The molecule has 9 N–H and O–H groups in total. The zero-order valence-electron chi connectivity index (χ0n) is 61.2. The lowest BCUT2D eigenvalue weighted by Gasteiger charge is -2.32. The van der Waals surface area contributed by atoms with Crippen molar-refractivity contribution in [2.45, 2.75) is 215 Å². The first kappa shape index (κ1) is 87.7. The molecule has 0 spiro atoms. The number of hydrogen-bond acceptors (Lipinski definition) is 17. The summed E-state index contributed by atoms with van der Waals surface area (Å²) in [4.78, 5) is 103. The van der Waals surface area contributed by atoms with E-state index in [9.17, 15) is 52.2 Å². The molecule has 3 aliphatic carbocycles. The maximum atomic E-state index is 15.1. The number of aromatic hydroxyl groups is 1. The van der Waals surface area contributed by atoms with E-state index in [0.29, 0.717) is 61.4 Å². The molecule has 0 unspecified atom stereocenters. The van der Waals surface area contributed by atoms with E-state index in [1.807, 2.05) is 0 Å². The number of ether oxygens (including phenoxy) is 4. The highest BCUT2D eigenvalue weighted by Gasteiger charge is 2.39. The number of carboxylic acids is 1. The Hall–Kier alpha value is -8.93. The fourth-order valence-corrected chi connectivity index (χ4v) is 10.7. The van der Waals surface area contributed by atoms with Crippen molar-refractivity contribution in [2.24, 2.45) is 23.5 Å². The third kappa shape index (κ3) is 26.5. The van der Waals surface area contributed by atoms with Crippen molar-refractivity contribution in [1.82, 2.24) is 55.9 Å². The summed E-state index contributed by atoms with van der Waals surface area (Å²) in [5.74, 6) is -4.05. The second kappa shape index (κ2) is 38.6. The van der Waals surface area contributed by atoms with E-state index in [0.717, 1.165) is 76.0 Å². The van der Waals surface area contributed by atoms with Crippen LogP contribution in [0.1, 0.15) is 216 Å². The molecule has 32 heteroatoms.